The molecule has 3 aromatic heterocycles. The molecule has 3 aromatic rings. The molecule has 21 heavy (non-hydrogen) atoms. The normalized spacial score (nSPS) is 12.2. The first-order valence-corrected chi connectivity index (χ1v) is 7.30. The van der Waals surface area contributed by atoms with Crippen LogP contribution in [-0.4, -0.2) is 17.6 Å². The Morgan fingerprint density at radius 3 is 2.95 bits per heavy atom. The number of nitrogens with one attached hydrogen (secondary N) is 1. The summed E-state index contributed by atoms with van der Waals surface area (Å²) in [5.74, 6) is 0.947. The molecule has 3 heterocycles. The molecule has 0 aliphatic heterocycles. The molecule has 3 rings (SSSR count). The fourth-order valence-corrected chi connectivity index (χ4v) is 2.52. The molecular formula is C15H13NO4S. The van der Waals surface area contributed by atoms with Gasteiger partial charge in [0.15, 0.2) is 5.76 Å². The lowest BCUT2D eigenvalue weighted by molar-refractivity contribution is 0.0875. The van der Waals surface area contributed by atoms with Crippen LogP contribution in [0.15, 0.2) is 56.2 Å². The molecule has 5 nitrogen and oxygen atoms in total. The van der Waals surface area contributed by atoms with Gasteiger partial charge in [0.05, 0.1) is 12.8 Å². The van der Waals surface area contributed by atoms with Crippen LogP contribution < -0.4 is 5.32 Å². The van der Waals surface area contributed by atoms with Gasteiger partial charge < -0.3 is 19.3 Å². The predicted molar refractivity (Wildman–Crippen MR) is 78.0 cm³/mol. The first-order valence-electron chi connectivity index (χ1n) is 6.36. The Kier molecular flexibility index (Phi) is 3.89. The summed E-state index contributed by atoms with van der Waals surface area (Å²) in [5, 5.41) is 16.5. The molecular weight excluding hydrogens is 290 g/mol. The van der Waals surface area contributed by atoms with Gasteiger partial charge in [-0.1, -0.05) is 0 Å². The van der Waals surface area contributed by atoms with Crippen LogP contribution in [0.25, 0.3) is 11.3 Å². The summed E-state index contributed by atoms with van der Waals surface area (Å²) in [6, 6.07) is 8.64. The average molecular weight is 303 g/mol. The van der Waals surface area contributed by atoms with Gasteiger partial charge in [0.2, 0.25) is 0 Å². The minimum absolute atomic E-state index is 0.0517. The van der Waals surface area contributed by atoms with E-state index < -0.39 is 6.10 Å². The molecule has 0 aromatic carbocycles. The molecule has 0 radical (unpaired) electrons. The molecule has 0 aliphatic rings. The maximum absolute atomic E-state index is 11.7. The third-order valence-corrected chi connectivity index (χ3v) is 3.65. The van der Waals surface area contributed by atoms with E-state index >= 15 is 0 Å². The summed E-state index contributed by atoms with van der Waals surface area (Å²) in [6.45, 7) is 0.0517. The van der Waals surface area contributed by atoms with Crippen LogP contribution in [0.3, 0.4) is 0 Å². The van der Waals surface area contributed by atoms with Gasteiger partial charge in [-0.2, -0.15) is 11.3 Å². The van der Waals surface area contributed by atoms with Crippen molar-refractivity contribution in [2.75, 3.05) is 6.54 Å². The van der Waals surface area contributed by atoms with E-state index in [2.05, 4.69) is 5.32 Å². The van der Waals surface area contributed by atoms with Crippen LogP contribution in [0.1, 0.15) is 22.4 Å². The van der Waals surface area contributed by atoms with Crippen molar-refractivity contribution in [3.8, 4) is 11.3 Å². The minimum atomic E-state index is -0.906. The van der Waals surface area contributed by atoms with Crippen molar-refractivity contribution in [2.45, 2.75) is 6.10 Å². The lowest BCUT2D eigenvalue weighted by Crippen LogP contribution is -2.27. The van der Waals surface area contributed by atoms with Crippen molar-refractivity contribution in [2.24, 2.45) is 0 Å². The van der Waals surface area contributed by atoms with Crippen molar-refractivity contribution in [1.82, 2.24) is 5.32 Å². The van der Waals surface area contributed by atoms with Crippen LogP contribution in [0.2, 0.25) is 0 Å². The lowest BCUT2D eigenvalue weighted by Gasteiger charge is -2.08. The van der Waals surface area contributed by atoms with Crippen LogP contribution in [0, 0.1) is 0 Å². The second-order valence-corrected chi connectivity index (χ2v) is 5.20. The smallest absolute Gasteiger partial charge is 0.287 e. The Morgan fingerprint density at radius 1 is 1.33 bits per heavy atom. The zero-order valence-electron chi connectivity index (χ0n) is 11.0. The summed E-state index contributed by atoms with van der Waals surface area (Å²) in [7, 11) is 0. The van der Waals surface area contributed by atoms with Gasteiger partial charge in [-0.25, -0.2) is 0 Å². The van der Waals surface area contributed by atoms with E-state index in [9.17, 15) is 9.90 Å². The monoisotopic (exact) mass is 303 g/mol. The summed E-state index contributed by atoms with van der Waals surface area (Å²) < 4.78 is 10.6. The van der Waals surface area contributed by atoms with Gasteiger partial charge in [0.1, 0.15) is 17.6 Å². The Labute approximate surface area is 124 Å². The van der Waals surface area contributed by atoms with Gasteiger partial charge >= 0.3 is 0 Å². The van der Waals surface area contributed by atoms with E-state index in [1.165, 1.54) is 6.26 Å². The summed E-state index contributed by atoms with van der Waals surface area (Å²) >= 11 is 1.57. The van der Waals surface area contributed by atoms with Crippen molar-refractivity contribution >= 4 is 17.2 Å². The standard InChI is InChI=1S/C15H13NO4S/c17-11(8-16-15(18)14-2-1-6-19-14)13-4-3-12(20-13)10-5-7-21-9-10/h1-7,9,11,17H,8H2,(H,16,18). The fraction of sp³-hybridized carbons (Fsp3) is 0.133. The number of amides is 1. The first-order chi connectivity index (χ1) is 10.2. The highest BCUT2D eigenvalue weighted by atomic mass is 32.1. The molecule has 1 unspecified atom stereocenters. The highest BCUT2D eigenvalue weighted by Gasteiger charge is 2.16. The Morgan fingerprint density at radius 2 is 2.24 bits per heavy atom. The first kappa shape index (κ1) is 13.7. The average Bonchev–Trinajstić information content (AvgIpc) is 3.25. The van der Waals surface area contributed by atoms with Gasteiger partial charge in [0, 0.05) is 10.9 Å². The van der Waals surface area contributed by atoms with Gasteiger partial charge in [-0.05, 0) is 35.7 Å². The van der Waals surface area contributed by atoms with Crippen molar-refractivity contribution in [1.29, 1.82) is 0 Å². The second-order valence-electron chi connectivity index (χ2n) is 4.42. The molecule has 0 saturated carbocycles. The molecule has 0 bridgehead atoms. The number of furan rings is 2. The maximum Gasteiger partial charge on any atom is 0.287 e. The van der Waals surface area contributed by atoms with Crippen molar-refractivity contribution in [3.05, 3.63) is 58.9 Å². The zero-order chi connectivity index (χ0) is 14.7. The Bertz CT molecular complexity index is 700. The Hall–Kier alpha value is -2.31. The number of hydrogen-bond acceptors (Lipinski definition) is 5. The molecule has 0 saturated heterocycles. The van der Waals surface area contributed by atoms with Crippen molar-refractivity contribution < 1.29 is 18.7 Å². The molecule has 2 N–H and O–H groups in total. The van der Waals surface area contributed by atoms with Crippen LogP contribution in [0.4, 0.5) is 0 Å². The van der Waals surface area contributed by atoms with E-state index in [-0.39, 0.29) is 18.2 Å². The highest BCUT2D eigenvalue weighted by Crippen LogP contribution is 2.26. The number of hydrogen-bond donors (Lipinski definition) is 2. The lowest BCUT2D eigenvalue weighted by atomic mass is 10.2. The third-order valence-electron chi connectivity index (χ3n) is 2.96. The summed E-state index contributed by atoms with van der Waals surface area (Å²) in [4.78, 5) is 11.7. The van der Waals surface area contributed by atoms with E-state index in [0.29, 0.717) is 11.5 Å². The Balaban J connectivity index is 1.61. The van der Waals surface area contributed by atoms with Crippen LogP contribution in [0.5, 0.6) is 0 Å². The van der Waals surface area contributed by atoms with E-state index in [0.717, 1.165) is 5.56 Å². The maximum atomic E-state index is 11.7. The van der Waals surface area contributed by atoms with E-state index in [1.54, 1.807) is 35.6 Å². The quantitative estimate of drug-likeness (QED) is 0.759. The van der Waals surface area contributed by atoms with Gasteiger partial charge in [-0.3, -0.25) is 4.79 Å². The number of carbonyl (C=O) groups is 1. The highest BCUT2D eigenvalue weighted by molar-refractivity contribution is 7.08. The fourth-order valence-electron chi connectivity index (χ4n) is 1.88. The van der Waals surface area contributed by atoms with E-state index in [4.69, 9.17) is 8.83 Å². The number of aliphatic hydroxyl groups is 1. The number of carbonyl (C=O) groups excluding carboxylic acids is 1. The van der Waals surface area contributed by atoms with E-state index in [1.807, 2.05) is 16.8 Å². The molecule has 0 spiro atoms. The number of rotatable bonds is 5. The molecule has 1 atom stereocenters. The summed E-state index contributed by atoms with van der Waals surface area (Å²) in [5.41, 5.74) is 0.970. The van der Waals surface area contributed by atoms with Crippen molar-refractivity contribution in [3.63, 3.8) is 0 Å². The third kappa shape index (κ3) is 3.07. The SMILES string of the molecule is O=C(NCC(O)c1ccc(-c2ccsc2)o1)c1ccco1. The zero-order valence-corrected chi connectivity index (χ0v) is 11.8. The minimum Gasteiger partial charge on any atom is -0.459 e. The van der Waals surface area contributed by atoms with Gasteiger partial charge in [0.25, 0.3) is 5.91 Å². The topological polar surface area (TPSA) is 75.6 Å². The van der Waals surface area contributed by atoms with Gasteiger partial charge in [-0.15, -0.1) is 0 Å². The molecule has 0 fully saturated rings. The second kappa shape index (κ2) is 5.99. The largest absolute Gasteiger partial charge is 0.459 e. The molecule has 108 valence electrons. The summed E-state index contributed by atoms with van der Waals surface area (Å²) in [6.07, 6.45) is 0.515. The number of thiophene rings is 1. The molecule has 1 amide bonds. The van der Waals surface area contributed by atoms with Crippen LogP contribution in [-0.2, 0) is 0 Å². The van der Waals surface area contributed by atoms with Crippen LogP contribution >= 0.6 is 11.3 Å². The molecule has 6 heteroatoms. The molecule has 0 aliphatic carbocycles. The number of aliphatic hydroxyl groups excluding tert-OH is 1. The predicted octanol–water partition coefficient (Wildman–Crippen LogP) is 3.06.